The van der Waals surface area contributed by atoms with Gasteiger partial charge < -0.3 is 14.9 Å². The number of anilines is 1. The molecule has 9 heteroatoms. The molecule has 1 unspecified atom stereocenters. The predicted octanol–water partition coefficient (Wildman–Crippen LogP) is 3.63. The fraction of sp³-hybridized carbons (Fsp3) is 0.458. The standard InChI is InChI=1S/C24H25F3N4O2/c1-16-20(3-2-8-29-16)22(33)31-13-18(14-32)23(15-31)6-9-30(10-7-23)19-5-4-17(12-28)21(11-19)24(25,26)27/h2-5,8,11,18,32H,6-7,9-10,13-15H2,1H3. The van der Waals surface area contributed by atoms with Crippen molar-refractivity contribution in [3.05, 3.63) is 58.9 Å². The first kappa shape index (κ1) is 23.1. The third-order valence-corrected chi connectivity index (χ3v) is 7.11. The summed E-state index contributed by atoms with van der Waals surface area (Å²) in [6.45, 7) is 3.69. The molecule has 1 aromatic heterocycles. The summed E-state index contributed by atoms with van der Waals surface area (Å²) in [5, 5.41) is 19.1. The molecule has 0 radical (unpaired) electrons. The third kappa shape index (κ3) is 4.27. The first-order valence-electron chi connectivity index (χ1n) is 10.9. The molecule has 2 saturated heterocycles. The number of carbonyl (C=O) groups is 1. The number of benzene rings is 1. The molecule has 0 saturated carbocycles. The van der Waals surface area contributed by atoms with Crippen molar-refractivity contribution in [1.82, 2.24) is 9.88 Å². The van der Waals surface area contributed by atoms with Crippen LogP contribution in [0, 0.1) is 29.6 Å². The number of pyridine rings is 1. The highest BCUT2D eigenvalue weighted by molar-refractivity contribution is 5.95. The summed E-state index contributed by atoms with van der Waals surface area (Å²) in [7, 11) is 0. The molecule has 2 aliphatic heterocycles. The lowest BCUT2D eigenvalue weighted by atomic mass is 9.71. The van der Waals surface area contributed by atoms with Crippen LogP contribution < -0.4 is 4.90 Å². The highest BCUT2D eigenvalue weighted by Gasteiger charge is 2.49. The van der Waals surface area contributed by atoms with Crippen LogP contribution in [-0.4, -0.2) is 53.7 Å². The number of carbonyl (C=O) groups excluding carboxylic acids is 1. The molecule has 6 nitrogen and oxygen atoms in total. The summed E-state index contributed by atoms with van der Waals surface area (Å²) in [6, 6.07) is 8.88. The normalized spacial score (nSPS) is 20.2. The van der Waals surface area contributed by atoms with Crippen molar-refractivity contribution >= 4 is 11.6 Å². The van der Waals surface area contributed by atoms with E-state index in [4.69, 9.17) is 5.26 Å². The van der Waals surface area contributed by atoms with Crippen molar-refractivity contribution in [1.29, 1.82) is 5.26 Å². The Morgan fingerprint density at radius 2 is 2.03 bits per heavy atom. The minimum atomic E-state index is -4.60. The molecule has 1 N–H and O–H groups in total. The maximum Gasteiger partial charge on any atom is 0.417 e. The predicted molar refractivity (Wildman–Crippen MR) is 115 cm³/mol. The highest BCUT2D eigenvalue weighted by atomic mass is 19.4. The van der Waals surface area contributed by atoms with Gasteiger partial charge in [0.15, 0.2) is 0 Å². The van der Waals surface area contributed by atoms with E-state index in [0.29, 0.717) is 56.0 Å². The van der Waals surface area contributed by atoms with Crippen molar-refractivity contribution in [3.8, 4) is 6.07 Å². The second kappa shape index (κ2) is 8.67. The van der Waals surface area contributed by atoms with Gasteiger partial charge >= 0.3 is 6.18 Å². The van der Waals surface area contributed by atoms with Crippen molar-refractivity contribution in [2.24, 2.45) is 11.3 Å². The molecule has 1 atom stereocenters. The number of nitriles is 1. The van der Waals surface area contributed by atoms with Crippen LogP contribution >= 0.6 is 0 Å². The van der Waals surface area contributed by atoms with Crippen LogP contribution in [0.25, 0.3) is 0 Å². The van der Waals surface area contributed by atoms with Gasteiger partial charge in [-0.2, -0.15) is 18.4 Å². The molecule has 1 amide bonds. The van der Waals surface area contributed by atoms with Gasteiger partial charge in [0.1, 0.15) is 0 Å². The lowest BCUT2D eigenvalue weighted by molar-refractivity contribution is -0.137. The lowest BCUT2D eigenvalue weighted by Crippen LogP contribution is -2.45. The van der Waals surface area contributed by atoms with E-state index in [1.54, 1.807) is 42.3 Å². The van der Waals surface area contributed by atoms with E-state index in [1.807, 2.05) is 4.90 Å². The molecule has 33 heavy (non-hydrogen) atoms. The van der Waals surface area contributed by atoms with E-state index in [0.717, 1.165) is 6.07 Å². The van der Waals surface area contributed by atoms with E-state index >= 15 is 0 Å². The summed E-state index contributed by atoms with van der Waals surface area (Å²) in [5.74, 6) is -0.201. The first-order valence-corrected chi connectivity index (χ1v) is 10.9. The van der Waals surface area contributed by atoms with Gasteiger partial charge in [-0.1, -0.05) is 0 Å². The Bertz CT molecular complexity index is 1090. The molecule has 0 aliphatic carbocycles. The number of aromatic nitrogens is 1. The molecule has 2 aromatic rings. The Morgan fingerprint density at radius 3 is 2.64 bits per heavy atom. The van der Waals surface area contributed by atoms with Crippen LogP contribution in [-0.2, 0) is 6.18 Å². The van der Waals surface area contributed by atoms with Crippen molar-refractivity contribution < 1.29 is 23.1 Å². The SMILES string of the molecule is Cc1ncccc1C(=O)N1CC(CO)C2(CCN(c3ccc(C#N)c(C(F)(F)F)c3)CC2)C1. The van der Waals surface area contributed by atoms with Crippen molar-refractivity contribution in [2.75, 3.05) is 37.7 Å². The van der Waals surface area contributed by atoms with Gasteiger partial charge in [0.2, 0.25) is 0 Å². The Balaban J connectivity index is 1.51. The maximum atomic E-state index is 13.4. The zero-order valence-corrected chi connectivity index (χ0v) is 18.3. The van der Waals surface area contributed by atoms with Crippen LogP contribution in [0.15, 0.2) is 36.5 Å². The number of halogens is 3. The Hall–Kier alpha value is -3.12. The van der Waals surface area contributed by atoms with Gasteiger partial charge in [-0.3, -0.25) is 9.78 Å². The highest BCUT2D eigenvalue weighted by Crippen LogP contribution is 2.46. The molecular formula is C24H25F3N4O2. The number of rotatable bonds is 3. The maximum absolute atomic E-state index is 13.4. The van der Waals surface area contributed by atoms with E-state index in [-0.39, 0.29) is 23.8 Å². The first-order chi connectivity index (χ1) is 15.7. The average Bonchev–Trinajstić information content (AvgIpc) is 3.16. The van der Waals surface area contributed by atoms with Crippen molar-refractivity contribution in [2.45, 2.75) is 25.9 Å². The minimum Gasteiger partial charge on any atom is -0.396 e. The fourth-order valence-electron chi connectivity index (χ4n) is 5.16. The van der Waals surface area contributed by atoms with Crippen LogP contribution in [0.3, 0.4) is 0 Å². The molecule has 1 aromatic carbocycles. The van der Waals surface area contributed by atoms with Crippen LogP contribution in [0.2, 0.25) is 0 Å². The topological polar surface area (TPSA) is 80.5 Å². The van der Waals surface area contributed by atoms with Gasteiger partial charge in [0.25, 0.3) is 5.91 Å². The van der Waals surface area contributed by atoms with Crippen molar-refractivity contribution in [3.63, 3.8) is 0 Å². The van der Waals surface area contributed by atoms with Gasteiger partial charge in [-0.25, -0.2) is 0 Å². The molecular weight excluding hydrogens is 433 g/mol. The van der Waals surface area contributed by atoms with Crippen LogP contribution in [0.5, 0.6) is 0 Å². The second-order valence-electron chi connectivity index (χ2n) is 8.89. The number of alkyl halides is 3. The number of hydrogen-bond donors (Lipinski definition) is 1. The summed E-state index contributed by atoms with van der Waals surface area (Å²) in [5.41, 5.74) is 0.0159. The zero-order valence-electron chi connectivity index (χ0n) is 18.3. The zero-order chi connectivity index (χ0) is 23.8. The van der Waals surface area contributed by atoms with Crippen LogP contribution in [0.4, 0.5) is 18.9 Å². The molecule has 2 aliphatic rings. The molecule has 2 fully saturated rings. The molecule has 3 heterocycles. The van der Waals surface area contributed by atoms with E-state index < -0.39 is 17.3 Å². The Morgan fingerprint density at radius 1 is 1.30 bits per heavy atom. The molecule has 0 bridgehead atoms. The third-order valence-electron chi connectivity index (χ3n) is 7.11. The number of aliphatic hydroxyl groups excluding tert-OH is 1. The summed E-state index contributed by atoms with van der Waals surface area (Å²) < 4.78 is 40.1. The number of likely N-dealkylation sites (tertiary alicyclic amines) is 1. The van der Waals surface area contributed by atoms with E-state index in [2.05, 4.69) is 4.98 Å². The fourth-order valence-corrected chi connectivity index (χ4v) is 5.16. The minimum absolute atomic E-state index is 0.0507. The number of aliphatic hydroxyl groups is 1. The Kier molecular flexibility index (Phi) is 6.06. The quantitative estimate of drug-likeness (QED) is 0.760. The monoisotopic (exact) mass is 458 g/mol. The largest absolute Gasteiger partial charge is 0.417 e. The Labute approximate surface area is 190 Å². The van der Waals surface area contributed by atoms with Gasteiger partial charge in [0, 0.05) is 56.3 Å². The average molecular weight is 458 g/mol. The lowest BCUT2D eigenvalue weighted by Gasteiger charge is -2.43. The number of aryl methyl sites for hydroxylation is 1. The molecule has 4 rings (SSSR count). The number of amides is 1. The molecule has 174 valence electrons. The van der Waals surface area contributed by atoms with Crippen LogP contribution in [0.1, 0.15) is 40.0 Å². The van der Waals surface area contributed by atoms with E-state index in [1.165, 1.54) is 6.07 Å². The van der Waals surface area contributed by atoms with Gasteiger partial charge in [0.05, 0.1) is 22.8 Å². The van der Waals surface area contributed by atoms with E-state index in [9.17, 15) is 23.1 Å². The number of piperidine rings is 1. The summed E-state index contributed by atoms with van der Waals surface area (Å²) in [4.78, 5) is 20.9. The smallest absolute Gasteiger partial charge is 0.396 e. The number of hydrogen-bond acceptors (Lipinski definition) is 5. The van der Waals surface area contributed by atoms with Gasteiger partial charge in [-0.15, -0.1) is 0 Å². The summed E-state index contributed by atoms with van der Waals surface area (Å²) in [6.07, 6.45) is -1.67. The summed E-state index contributed by atoms with van der Waals surface area (Å²) >= 11 is 0. The second-order valence-corrected chi connectivity index (χ2v) is 8.89. The van der Waals surface area contributed by atoms with Gasteiger partial charge in [-0.05, 0) is 55.5 Å². The number of nitrogens with zero attached hydrogens (tertiary/aromatic N) is 4. The molecule has 1 spiro atoms.